The highest BCUT2D eigenvalue weighted by Crippen LogP contribution is 2.25. The van der Waals surface area contributed by atoms with Gasteiger partial charge in [0.1, 0.15) is 11.6 Å². The lowest BCUT2D eigenvalue weighted by molar-refractivity contribution is -0.478. The summed E-state index contributed by atoms with van der Waals surface area (Å²) >= 11 is 6.39. The number of benzene rings is 1. The molecule has 2 heterocycles. The number of pyridine rings is 1. The number of hydrogen-bond acceptors (Lipinski definition) is 1. The van der Waals surface area contributed by atoms with Crippen molar-refractivity contribution in [2.45, 2.75) is 19.8 Å². The number of aromatic nitrogens is 2. The van der Waals surface area contributed by atoms with Gasteiger partial charge in [-0.15, -0.1) is 0 Å². The molecule has 2 aromatic heterocycles. The van der Waals surface area contributed by atoms with Crippen LogP contribution in [-0.4, -0.2) is 4.98 Å². The van der Waals surface area contributed by atoms with Crippen LogP contribution in [0, 0.1) is 11.3 Å². The Hall–Kier alpha value is -2.05. The molecule has 0 aliphatic rings. The maximum Gasteiger partial charge on any atom is 0.304 e. The van der Waals surface area contributed by atoms with Crippen LogP contribution in [0.3, 0.4) is 0 Å². The van der Waals surface area contributed by atoms with E-state index in [0.29, 0.717) is 10.7 Å². The van der Waals surface area contributed by atoms with Gasteiger partial charge in [-0.25, -0.2) is 4.98 Å². The molecule has 0 aliphatic heterocycles. The van der Waals surface area contributed by atoms with E-state index in [1.165, 1.54) is 0 Å². The third-order valence-electron chi connectivity index (χ3n) is 3.37. The highest BCUT2D eigenvalue weighted by atomic mass is 35.5. The number of nitriles is 1. The van der Waals surface area contributed by atoms with Crippen LogP contribution in [0.4, 0.5) is 0 Å². The summed E-state index contributed by atoms with van der Waals surface area (Å²) in [6.07, 6.45) is 0. The molecule has 19 heavy (non-hydrogen) atoms. The van der Waals surface area contributed by atoms with Gasteiger partial charge in [0, 0.05) is 6.07 Å². The fraction of sp³-hybridized carbons (Fsp3) is 0.200. The van der Waals surface area contributed by atoms with Crippen LogP contribution in [-0.2, 0) is 0 Å². The fourth-order valence-corrected chi connectivity index (χ4v) is 2.74. The molecule has 3 rings (SSSR count). The van der Waals surface area contributed by atoms with E-state index in [9.17, 15) is 5.26 Å². The first kappa shape index (κ1) is 12.0. The molecular formula is C15H13ClN3+. The van der Waals surface area contributed by atoms with Gasteiger partial charge in [0.2, 0.25) is 5.15 Å². The second kappa shape index (κ2) is 4.25. The van der Waals surface area contributed by atoms with E-state index in [2.05, 4.69) is 24.9 Å². The zero-order valence-electron chi connectivity index (χ0n) is 10.7. The van der Waals surface area contributed by atoms with Crippen LogP contribution in [0.1, 0.15) is 30.9 Å². The molecule has 3 aromatic rings. The predicted molar refractivity (Wildman–Crippen MR) is 75.3 cm³/mol. The van der Waals surface area contributed by atoms with Crippen molar-refractivity contribution in [3.05, 3.63) is 46.6 Å². The SMILES string of the molecule is CC(C)c1cc(Cl)[n+]2c([nH]c3ccccc32)c1C#N. The number of nitrogens with zero attached hydrogens (tertiary/aromatic N) is 2. The van der Waals surface area contributed by atoms with E-state index < -0.39 is 0 Å². The number of imidazole rings is 1. The van der Waals surface area contributed by atoms with Crippen LogP contribution < -0.4 is 4.40 Å². The zero-order valence-corrected chi connectivity index (χ0v) is 11.5. The number of para-hydroxylation sites is 2. The van der Waals surface area contributed by atoms with Crippen LogP contribution in [0.15, 0.2) is 30.3 Å². The van der Waals surface area contributed by atoms with Crippen molar-refractivity contribution in [1.82, 2.24) is 4.98 Å². The largest absolute Gasteiger partial charge is 0.304 e. The minimum atomic E-state index is 0.253. The van der Waals surface area contributed by atoms with Crippen LogP contribution in [0.2, 0.25) is 5.15 Å². The Morgan fingerprint density at radius 1 is 1.32 bits per heavy atom. The average Bonchev–Trinajstić information content (AvgIpc) is 2.78. The van der Waals surface area contributed by atoms with E-state index in [-0.39, 0.29) is 5.92 Å². The molecule has 0 atom stereocenters. The highest BCUT2D eigenvalue weighted by molar-refractivity contribution is 6.28. The summed E-state index contributed by atoms with van der Waals surface area (Å²) in [6, 6.07) is 12.1. The van der Waals surface area contributed by atoms with Gasteiger partial charge in [0.05, 0.1) is 0 Å². The number of H-pyrrole nitrogens is 1. The fourth-order valence-electron chi connectivity index (χ4n) is 2.45. The Morgan fingerprint density at radius 3 is 2.74 bits per heavy atom. The molecular weight excluding hydrogens is 258 g/mol. The monoisotopic (exact) mass is 270 g/mol. The Bertz CT molecular complexity index is 825. The molecule has 4 heteroatoms. The van der Waals surface area contributed by atoms with Gasteiger partial charge in [-0.05, 0) is 35.2 Å². The van der Waals surface area contributed by atoms with Gasteiger partial charge in [0.25, 0.3) is 0 Å². The number of nitrogens with one attached hydrogen (secondary N) is 1. The number of halogens is 1. The first-order valence-corrected chi connectivity index (χ1v) is 6.56. The van der Waals surface area contributed by atoms with Gasteiger partial charge in [-0.2, -0.15) is 9.66 Å². The molecule has 0 amide bonds. The van der Waals surface area contributed by atoms with Crippen molar-refractivity contribution in [2.24, 2.45) is 0 Å². The molecule has 3 nitrogen and oxygen atoms in total. The van der Waals surface area contributed by atoms with Crippen LogP contribution >= 0.6 is 11.6 Å². The summed E-state index contributed by atoms with van der Waals surface area (Å²) in [5.74, 6) is 0.253. The predicted octanol–water partition coefficient (Wildman–Crippen LogP) is 3.56. The lowest BCUT2D eigenvalue weighted by Crippen LogP contribution is -2.23. The second-order valence-corrected chi connectivity index (χ2v) is 5.28. The molecule has 0 fully saturated rings. The number of hydrogen-bond donors (Lipinski definition) is 1. The summed E-state index contributed by atoms with van der Waals surface area (Å²) in [5, 5.41) is 10.1. The molecule has 0 saturated carbocycles. The third kappa shape index (κ3) is 1.68. The smallest absolute Gasteiger partial charge is 0.235 e. The van der Waals surface area contributed by atoms with Crippen molar-refractivity contribution in [3.8, 4) is 6.07 Å². The van der Waals surface area contributed by atoms with Crippen LogP contribution in [0.25, 0.3) is 16.7 Å². The minimum absolute atomic E-state index is 0.253. The van der Waals surface area contributed by atoms with E-state index in [0.717, 1.165) is 22.2 Å². The van der Waals surface area contributed by atoms with Gasteiger partial charge < -0.3 is 0 Å². The first-order valence-electron chi connectivity index (χ1n) is 6.18. The van der Waals surface area contributed by atoms with Crippen molar-refractivity contribution < 1.29 is 4.40 Å². The first-order chi connectivity index (χ1) is 9.13. The van der Waals surface area contributed by atoms with Crippen molar-refractivity contribution in [3.63, 3.8) is 0 Å². The topological polar surface area (TPSA) is 43.7 Å². The molecule has 0 bridgehead atoms. The summed E-state index contributed by atoms with van der Waals surface area (Å²) in [7, 11) is 0. The molecule has 0 saturated heterocycles. The quantitative estimate of drug-likeness (QED) is 0.533. The molecule has 0 aliphatic carbocycles. The number of aromatic amines is 1. The summed E-state index contributed by atoms with van der Waals surface area (Å²) in [6.45, 7) is 4.12. The Balaban J connectivity index is 2.56. The molecule has 1 aromatic carbocycles. The van der Waals surface area contributed by atoms with E-state index in [1.807, 2.05) is 34.7 Å². The van der Waals surface area contributed by atoms with Gasteiger partial charge >= 0.3 is 5.65 Å². The lowest BCUT2D eigenvalue weighted by Gasteiger charge is -2.06. The molecule has 0 radical (unpaired) electrons. The normalized spacial score (nSPS) is 11.3. The van der Waals surface area contributed by atoms with Gasteiger partial charge in [0.15, 0.2) is 11.0 Å². The van der Waals surface area contributed by atoms with E-state index in [1.54, 1.807) is 0 Å². The van der Waals surface area contributed by atoms with Crippen molar-refractivity contribution in [2.75, 3.05) is 0 Å². The second-order valence-electron chi connectivity index (χ2n) is 4.89. The zero-order chi connectivity index (χ0) is 13.6. The molecule has 0 spiro atoms. The molecule has 94 valence electrons. The summed E-state index contributed by atoms with van der Waals surface area (Å²) in [4.78, 5) is 3.29. The lowest BCUT2D eigenvalue weighted by atomic mass is 9.99. The Kier molecular flexibility index (Phi) is 2.69. The Morgan fingerprint density at radius 2 is 2.05 bits per heavy atom. The van der Waals surface area contributed by atoms with E-state index >= 15 is 0 Å². The van der Waals surface area contributed by atoms with Gasteiger partial charge in [-0.1, -0.05) is 26.0 Å². The third-order valence-corrected chi connectivity index (χ3v) is 3.65. The van der Waals surface area contributed by atoms with Crippen molar-refractivity contribution >= 4 is 28.3 Å². The van der Waals surface area contributed by atoms with Crippen molar-refractivity contribution in [1.29, 1.82) is 5.26 Å². The number of fused-ring (bicyclic) bond motifs is 3. The summed E-state index contributed by atoms with van der Waals surface area (Å²) in [5.41, 5.74) is 4.35. The summed E-state index contributed by atoms with van der Waals surface area (Å²) < 4.78 is 1.89. The number of rotatable bonds is 1. The molecule has 1 N–H and O–H groups in total. The van der Waals surface area contributed by atoms with E-state index in [4.69, 9.17) is 11.6 Å². The average molecular weight is 271 g/mol. The minimum Gasteiger partial charge on any atom is -0.235 e. The maximum absolute atomic E-state index is 9.45. The van der Waals surface area contributed by atoms with Gasteiger partial charge in [-0.3, -0.25) is 0 Å². The Labute approximate surface area is 116 Å². The highest BCUT2D eigenvalue weighted by Gasteiger charge is 2.23. The maximum atomic E-state index is 9.45. The molecule has 0 unspecified atom stereocenters. The standard InChI is InChI=1S/C15H12ClN3/c1-9(2)10-7-14(16)19-13-6-4-3-5-12(13)18-15(19)11(10)8-17/h3-7,9H,1-2H3/p+1. The van der Waals surface area contributed by atoms with Crippen LogP contribution in [0.5, 0.6) is 0 Å².